The fourth-order valence-electron chi connectivity index (χ4n) is 5.03. The van der Waals surface area contributed by atoms with Crippen LogP contribution >= 0.6 is 0 Å². The van der Waals surface area contributed by atoms with Gasteiger partial charge in [-0.05, 0) is 46.7 Å². The Bertz CT molecular complexity index is 1230. The zero-order valence-corrected chi connectivity index (χ0v) is 25.0. The summed E-state index contributed by atoms with van der Waals surface area (Å²) in [6.07, 6.45) is 1.75. The molecular weight excluding hydrogens is 534 g/mol. The lowest BCUT2D eigenvalue weighted by Crippen LogP contribution is -2.65. The summed E-state index contributed by atoms with van der Waals surface area (Å²) in [6.45, 7) is 3.67. The summed E-state index contributed by atoms with van der Waals surface area (Å²) in [5.74, 6) is -1.56. The van der Waals surface area contributed by atoms with Gasteiger partial charge < -0.3 is 25.9 Å². The summed E-state index contributed by atoms with van der Waals surface area (Å²) in [4.78, 5) is 50.2. The maximum absolute atomic E-state index is 12.7. The van der Waals surface area contributed by atoms with E-state index in [0.717, 1.165) is 15.9 Å². The van der Waals surface area contributed by atoms with Gasteiger partial charge in [0.15, 0.2) is 0 Å². The van der Waals surface area contributed by atoms with Crippen LogP contribution in [0.5, 0.6) is 0 Å². The van der Waals surface area contributed by atoms with Crippen molar-refractivity contribution in [1.29, 1.82) is 0 Å². The van der Waals surface area contributed by atoms with E-state index in [4.69, 9.17) is 10.5 Å². The van der Waals surface area contributed by atoms with Crippen molar-refractivity contribution < 1.29 is 23.9 Å². The number of methoxy groups -OCH3 is 1. The first-order chi connectivity index (χ1) is 19.6. The second-order valence-corrected chi connectivity index (χ2v) is 14.8. The molecule has 3 rings (SSSR count). The molecule has 0 bridgehead atoms. The van der Waals surface area contributed by atoms with Crippen LogP contribution in [0.1, 0.15) is 38.7 Å². The Hall–Kier alpha value is -3.79. The number of hydrogen-bond acceptors (Lipinski definition) is 6. The molecular formula is C32H41N3O5Si. The van der Waals surface area contributed by atoms with Gasteiger partial charge in [0.05, 0.1) is 19.7 Å². The molecule has 0 spiro atoms. The summed E-state index contributed by atoms with van der Waals surface area (Å²) in [7, 11) is -2.03. The van der Waals surface area contributed by atoms with Gasteiger partial charge in [0, 0.05) is 0 Å². The molecule has 0 fully saturated rings. The quantitative estimate of drug-likeness (QED) is 0.172. The van der Waals surface area contributed by atoms with Crippen LogP contribution in [0.15, 0.2) is 91.0 Å². The maximum Gasteiger partial charge on any atom is 0.328 e. The highest BCUT2D eigenvalue weighted by atomic mass is 28.4. The fourth-order valence-corrected chi connectivity index (χ4v) is 8.78. The fraction of sp³-hybridized carbons (Fsp3) is 0.344. The molecule has 0 saturated heterocycles. The largest absolute Gasteiger partial charge is 0.467 e. The number of hydrogen-bond donors (Lipinski definition) is 4. The van der Waals surface area contributed by atoms with E-state index >= 15 is 0 Å². The number of nitrogens with one attached hydrogen (secondary N) is 2. The normalized spacial score (nSPS) is 13.1. The van der Waals surface area contributed by atoms with Crippen molar-refractivity contribution in [3.8, 4) is 0 Å². The molecule has 41 heavy (non-hydrogen) atoms. The Labute approximate surface area is 243 Å². The lowest BCUT2D eigenvalue weighted by molar-refractivity contribution is -0.145. The predicted molar refractivity (Wildman–Crippen MR) is 163 cm³/mol. The Morgan fingerprint density at radius 3 is 1.90 bits per heavy atom. The molecule has 3 aromatic rings. The molecule has 0 saturated carbocycles. The minimum absolute atomic E-state index is 0.241. The highest BCUT2D eigenvalue weighted by Gasteiger charge is 2.50. The molecule has 0 aliphatic carbocycles. The second kappa shape index (κ2) is 14.7. The van der Waals surface area contributed by atoms with Gasteiger partial charge in [0.1, 0.15) is 6.04 Å². The van der Waals surface area contributed by atoms with Gasteiger partial charge in [0.25, 0.3) is 8.32 Å². The van der Waals surface area contributed by atoms with Crippen molar-refractivity contribution in [3.05, 3.63) is 96.6 Å². The van der Waals surface area contributed by atoms with E-state index in [-0.39, 0.29) is 13.0 Å². The van der Waals surface area contributed by atoms with Gasteiger partial charge in [-0.15, -0.1) is 0 Å². The molecule has 0 aromatic heterocycles. The molecule has 8 nitrogen and oxygen atoms in total. The summed E-state index contributed by atoms with van der Waals surface area (Å²) in [5.41, 5.74) is 7.09. The average molecular weight is 576 g/mol. The number of nitrogens with two attached hydrogens (primary N) is 1. The first-order valence-corrected chi connectivity index (χ1v) is 15.8. The van der Waals surface area contributed by atoms with Crippen LogP contribution in [-0.2, 0) is 25.5 Å². The van der Waals surface area contributed by atoms with Crippen molar-refractivity contribution >= 4 is 36.5 Å². The first-order valence-electron chi connectivity index (χ1n) is 13.9. The summed E-state index contributed by atoms with van der Waals surface area (Å²) < 4.78 is 4.96. The second-order valence-electron chi connectivity index (χ2n) is 10.9. The van der Waals surface area contributed by atoms with Crippen molar-refractivity contribution in [1.82, 2.24) is 10.6 Å². The van der Waals surface area contributed by atoms with E-state index in [1.165, 1.54) is 7.11 Å². The van der Waals surface area contributed by atoms with Gasteiger partial charge in [0.2, 0.25) is 11.8 Å². The molecule has 0 heterocycles. The molecule has 9 heteroatoms. The summed E-state index contributed by atoms with van der Waals surface area (Å²) >= 11 is 0. The van der Waals surface area contributed by atoms with Crippen LogP contribution in [-0.4, -0.2) is 56.6 Å². The van der Waals surface area contributed by atoms with Crippen molar-refractivity contribution in [2.75, 3.05) is 13.7 Å². The van der Waals surface area contributed by atoms with E-state index in [1.54, 1.807) is 0 Å². The van der Waals surface area contributed by atoms with Gasteiger partial charge in [-0.2, -0.15) is 0 Å². The van der Waals surface area contributed by atoms with Crippen LogP contribution in [0.2, 0.25) is 5.04 Å². The smallest absolute Gasteiger partial charge is 0.328 e. The Morgan fingerprint density at radius 1 is 0.878 bits per heavy atom. The van der Waals surface area contributed by atoms with Crippen molar-refractivity contribution in [2.45, 2.75) is 56.7 Å². The van der Waals surface area contributed by atoms with E-state index in [1.807, 2.05) is 105 Å². The molecule has 0 radical (unpaired) electrons. The Balaban J connectivity index is 1.63. The maximum atomic E-state index is 12.7. The third kappa shape index (κ3) is 8.36. The average Bonchev–Trinajstić information content (AvgIpc) is 3.01. The third-order valence-electron chi connectivity index (χ3n) is 7.59. The highest BCUT2D eigenvalue weighted by Crippen LogP contribution is 2.40. The molecule has 218 valence electrons. The zero-order chi connectivity index (χ0) is 29.9. The lowest BCUT2D eigenvalue weighted by atomic mass is 10.0. The van der Waals surface area contributed by atoms with Crippen LogP contribution in [0.25, 0.3) is 0 Å². The Morgan fingerprint density at radius 2 is 1.39 bits per heavy atom. The summed E-state index contributed by atoms with van der Waals surface area (Å²) in [6, 6.07) is 27.2. The number of rotatable bonds is 14. The molecule has 0 unspecified atom stereocenters. The van der Waals surface area contributed by atoms with Crippen LogP contribution in [0.4, 0.5) is 0 Å². The van der Waals surface area contributed by atoms with E-state index < -0.39 is 43.2 Å². The van der Waals surface area contributed by atoms with Gasteiger partial charge >= 0.3 is 5.97 Å². The SMILES string of the molecule is COC(=O)[C@H](CCC(C)(C)[Si](O)(c1ccccc1)c1ccccc1)NC(=O)CNC(=O)[C@@H](N)CCc1ccccc1. The third-order valence-corrected chi connectivity index (χ3v) is 12.1. The van der Waals surface area contributed by atoms with E-state index in [2.05, 4.69) is 10.6 Å². The number of carbonyl (C=O) groups is 3. The molecule has 3 aromatic carbocycles. The molecule has 2 atom stereocenters. The standard InChI is InChI=1S/C32H41N3O5Si/c1-32(2,41(39,25-15-9-5-10-16-25)26-17-11-6-12-18-26)22-21-28(31(38)40-3)35-29(36)23-34-30(37)27(33)20-19-24-13-7-4-8-14-24/h4-18,27-28,39H,19-23,33H2,1-3H3,(H,34,37)(H,35,36)/t27-,28-/m0/s1. The zero-order valence-electron chi connectivity index (χ0n) is 24.0. The minimum Gasteiger partial charge on any atom is -0.467 e. The molecule has 5 N–H and O–H groups in total. The number of esters is 1. The van der Waals surface area contributed by atoms with Crippen LogP contribution in [0.3, 0.4) is 0 Å². The number of aryl methyl sites for hydroxylation is 1. The van der Waals surface area contributed by atoms with Crippen LogP contribution < -0.4 is 26.7 Å². The highest BCUT2D eigenvalue weighted by molar-refractivity contribution is 6.98. The Kier molecular flexibility index (Phi) is 11.4. The van der Waals surface area contributed by atoms with Crippen LogP contribution in [0, 0.1) is 0 Å². The predicted octanol–water partition coefficient (Wildman–Crippen LogP) is 2.03. The molecule has 0 aliphatic heterocycles. The van der Waals surface area contributed by atoms with Gasteiger partial charge in [-0.1, -0.05) is 105 Å². The summed E-state index contributed by atoms with van der Waals surface area (Å²) in [5, 5.41) is 6.35. The number of amides is 2. The van der Waals surface area contributed by atoms with E-state index in [0.29, 0.717) is 19.3 Å². The minimum atomic E-state index is -3.29. The number of benzene rings is 3. The van der Waals surface area contributed by atoms with Crippen molar-refractivity contribution in [3.63, 3.8) is 0 Å². The topological polar surface area (TPSA) is 131 Å². The monoisotopic (exact) mass is 575 g/mol. The number of carbonyl (C=O) groups excluding carboxylic acids is 3. The van der Waals surface area contributed by atoms with E-state index in [9.17, 15) is 19.2 Å². The number of ether oxygens (including phenoxy) is 1. The lowest BCUT2D eigenvalue weighted by Gasteiger charge is -2.41. The molecule has 0 aliphatic rings. The van der Waals surface area contributed by atoms with Crippen molar-refractivity contribution in [2.24, 2.45) is 5.73 Å². The van der Waals surface area contributed by atoms with Gasteiger partial charge in [-0.25, -0.2) is 4.79 Å². The molecule has 2 amide bonds. The first kappa shape index (κ1) is 31.7. The van der Waals surface area contributed by atoms with Gasteiger partial charge in [-0.3, -0.25) is 9.59 Å².